The Bertz CT molecular complexity index is 598. The molecule has 21 heavy (non-hydrogen) atoms. The molecule has 8 heteroatoms. The first-order valence-electron chi connectivity index (χ1n) is 7.01. The van der Waals surface area contributed by atoms with Crippen LogP contribution in [0, 0.1) is 0 Å². The molecule has 112 valence electrons. The third-order valence-electron chi connectivity index (χ3n) is 3.90. The summed E-state index contributed by atoms with van der Waals surface area (Å²) in [7, 11) is 0. The number of nitrogen functional groups attached to an aromatic ring is 1. The van der Waals surface area contributed by atoms with Gasteiger partial charge in [-0.3, -0.25) is 9.59 Å². The largest absolute Gasteiger partial charge is 0.481 e. The number of hydrogen-bond acceptors (Lipinski definition) is 6. The second-order valence-electron chi connectivity index (χ2n) is 5.36. The molecular weight excluding hydrogens is 274 g/mol. The fraction of sp³-hybridized carbons (Fsp3) is 0.538. The fourth-order valence-electron chi connectivity index (χ4n) is 2.83. The van der Waals surface area contributed by atoms with Crippen molar-refractivity contribution < 1.29 is 14.7 Å². The first-order valence-corrected chi connectivity index (χ1v) is 7.01. The average molecular weight is 291 g/mol. The Kier molecular flexibility index (Phi) is 3.36. The number of carbonyl (C=O) groups excluding carboxylic acids is 1. The zero-order chi connectivity index (χ0) is 15.0. The van der Waals surface area contributed by atoms with E-state index in [1.807, 2.05) is 4.90 Å². The van der Waals surface area contributed by atoms with Crippen LogP contribution in [0.5, 0.6) is 0 Å². The second-order valence-corrected chi connectivity index (χ2v) is 5.36. The number of carbonyl (C=O) groups is 2. The molecule has 2 aliphatic rings. The normalized spacial score (nSPS) is 21.6. The molecule has 8 nitrogen and oxygen atoms in total. The quantitative estimate of drug-likeness (QED) is 0.727. The molecule has 0 radical (unpaired) electrons. The Balaban J connectivity index is 2.01. The molecular formula is C13H17N5O3. The van der Waals surface area contributed by atoms with Crippen molar-refractivity contribution in [3.8, 4) is 0 Å². The first kappa shape index (κ1) is 13.6. The van der Waals surface area contributed by atoms with E-state index in [0.29, 0.717) is 11.5 Å². The van der Waals surface area contributed by atoms with Crippen molar-refractivity contribution in [1.29, 1.82) is 0 Å². The van der Waals surface area contributed by atoms with Gasteiger partial charge in [-0.1, -0.05) is 0 Å². The standard InChI is InChI=1S/C13H17N5O3/c14-10-9-7(12(20)21)6-8(19)15-11(9)17-13(16-10)18-4-2-1-3-5-18/h7H,1-6H2,(H,20,21)(H3,14,15,16,17,19)/t7-/m0/s1. The number of hydrogen-bond donors (Lipinski definition) is 3. The lowest BCUT2D eigenvalue weighted by Gasteiger charge is -2.29. The van der Waals surface area contributed by atoms with E-state index in [2.05, 4.69) is 15.3 Å². The predicted octanol–water partition coefficient (Wildman–Crippen LogP) is 0.559. The van der Waals surface area contributed by atoms with Gasteiger partial charge in [0.05, 0.1) is 11.5 Å². The van der Waals surface area contributed by atoms with Crippen LogP contribution >= 0.6 is 0 Å². The number of aromatic nitrogens is 2. The average Bonchev–Trinajstić information content (AvgIpc) is 2.46. The number of anilines is 3. The van der Waals surface area contributed by atoms with E-state index in [4.69, 9.17) is 5.73 Å². The minimum Gasteiger partial charge on any atom is -0.481 e. The predicted molar refractivity (Wildman–Crippen MR) is 76.1 cm³/mol. The molecule has 1 aromatic rings. The Hall–Kier alpha value is -2.38. The van der Waals surface area contributed by atoms with Crippen molar-refractivity contribution in [3.63, 3.8) is 0 Å². The van der Waals surface area contributed by atoms with Crippen LogP contribution in [-0.4, -0.2) is 40.0 Å². The van der Waals surface area contributed by atoms with E-state index in [1.54, 1.807) is 0 Å². The Morgan fingerprint density at radius 1 is 1.29 bits per heavy atom. The van der Waals surface area contributed by atoms with Gasteiger partial charge in [0.25, 0.3) is 0 Å². The highest BCUT2D eigenvalue weighted by atomic mass is 16.4. The summed E-state index contributed by atoms with van der Waals surface area (Å²) in [4.78, 5) is 33.5. The number of carboxylic acid groups (broad SMARTS) is 1. The monoisotopic (exact) mass is 291 g/mol. The van der Waals surface area contributed by atoms with Gasteiger partial charge >= 0.3 is 5.97 Å². The molecule has 0 spiro atoms. The summed E-state index contributed by atoms with van der Waals surface area (Å²) in [5.74, 6) is -1.62. The van der Waals surface area contributed by atoms with Crippen LogP contribution in [0.25, 0.3) is 0 Å². The summed E-state index contributed by atoms with van der Waals surface area (Å²) in [6, 6.07) is 0. The number of aliphatic carboxylic acids is 1. The van der Waals surface area contributed by atoms with E-state index in [1.165, 1.54) is 6.42 Å². The van der Waals surface area contributed by atoms with Gasteiger partial charge in [0.15, 0.2) is 0 Å². The molecule has 0 aliphatic carbocycles. The van der Waals surface area contributed by atoms with E-state index in [0.717, 1.165) is 25.9 Å². The summed E-state index contributed by atoms with van der Waals surface area (Å²) in [5, 5.41) is 11.8. The number of rotatable bonds is 2. The molecule has 0 saturated carbocycles. The van der Waals surface area contributed by atoms with Gasteiger partial charge in [0.2, 0.25) is 11.9 Å². The maximum Gasteiger partial charge on any atom is 0.311 e. The number of fused-ring (bicyclic) bond motifs is 1. The van der Waals surface area contributed by atoms with Crippen molar-refractivity contribution in [3.05, 3.63) is 5.56 Å². The number of nitrogens with two attached hydrogens (primary N) is 1. The van der Waals surface area contributed by atoms with Gasteiger partial charge in [-0.2, -0.15) is 9.97 Å². The first-order chi connectivity index (χ1) is 10.1. The number of amides is 1. The lowest BCUT2D eigenvalue weighted by molar-refractivity contribution is -0.140. The van der Waals surface area contributed by atoms with Crippen LogP contribution in [0.4, 0.5) is 17.6 Å². The zero-order valence-corrected chi connectivity index (χ0v) is 11.5. The maximum absolute atomic E-state index is 11.7. The number of nitrogens with zero attached hydrogens (tertiary/aromatic N) is 3. The second kappa shape index (κ2) is 5.19. The van der Waals surface area contributed by atoms with Crippen LogP contribution < -0.4 is 16.0 Å². The van der Waals surface area contributed by atoms with Gasteiger partial charge in [0.1, 0.15) is 11.6 Å². The number of nitrogens with one attached hydrogen (secondary N) is 1. The molecule has 1 saturated heterocycles. The summed E-state index contributed by atoms with van der Waals surface area (Å²) in [5.41, 5.74) is 6.24. The summed E-state index contributed by atoms with van der Waals surface area (Å²) in [6.07, 6.45) is 3.16. The van der Waals surface area contributed by atoms with Crippen molar-refractivity contribution in [1.82, 2.24) is 9.97 Å². The number of carboxylic acids is 1. The smallest absolute Gasteiger partial charge is 0.311 e. The highest BCUT2D eigenvalue weighted by Crippen LogP contribution is 2.36. The number of piperidine rings is 1. The molecule has 1 fully saturated rings. The zero-order valence-electron chi connectivity index (χ0n) is 11.5. The summed E-state index contributed by atoms with van der Waals surface area (Å²) >= 11 is 0. The Morgan fingerprint density at radius 3 is 2.67 bits per heavy atom. The molecule has 3 heterocycles. The van der Waals surface area contributed by atoms with Crippen LogP contribution in [0.2, 0.25) is 0 Å². The van der Waals surface area contributed by atoms with Crippen LogP contribution in [0.15, 0.2) is 0 Å². The Labute approximate surface area is 121 Å². The van der Waals surface area contributed by atoms with Gasteiger partial charge in [-0.25, -0.2) is 0 Å². The van der Waals surface area contributed by atoms with E-state index >= 15 is 0 Å². The molecule has 1 atom stereocenters. The van der Waals surface area contributed by atoms with Crippen molar-refractivity contribution in [2.75, 3.05) is 29.0 Å². The van der Waals surface area contributed by atoms with Gasteiger partial charge < -0.3 is 21.1 Å². The lowest BCUT2D eigenvalue weighted by Crippen LogP contribution is -2.34. The molecule has 3 rings (SSSR count). The maximum atomic E-state index is 11.7. The summed E-state index contributed by atoms with van der Waals surface area (Å²) < 4.78 is 0. The molecule has 0 aromatic carbocycles. The topological polar surface area (TPSA) is 121 Å². The fourth-order valence-corrected chi connectivity index (χ4v) is 2.83. The minimum atomic E-state index is -1.09. The van der Waals surface area contributed by atoms with Crippen LogP contribution in [-0.2, 0) is 9.59 Å². The van der Waals surface area contributed by atoms with Crippen molar-refractivity contribution in [2.45, 2.75) is 31.6 Å². The molecule has 1 aromatic heterocycles. The lowest BCUT2D eigenvalue weighted by atomic mass is 9.93. The van der Waals surface area contributed by atoms with Crippen LogP contribution in [0.1, 0.15) is 37.2 Å². The highest BCUT2D eigenvalue weighted by molar-refractivity contribution is 6.00. The van der Waals surface area contributed by atoms with Crippen molar-refractivity contribution in [2.24, 2.45) is 0 Å². The molecule has 0 bridgehead atoms. The minimum absolute atomic E-state index is 0.132. The van der Waals surface area contributed by atoms with Gasteiger partial charge in [0, 0.05) is 19.5 Å². The van der Waals surface area contributed by atoms with E-state index < -0.39 is 11.9 Å². The Morgan fingerprint density at radius 2 is 2.00 bits per heavy atom. The van der Waals surface area contributed by atoms with Crippen LogP contribution in [0.3, 0.4) is 0 Å². The molecule has 2 aliphatic heterocycles. The third kappa shape index (κ3) is 2.48. The summed E-state index contributed by atoms with van der Waals surface area (Å²) in [6.45, 7) is 1.68. The van der Waals surface area contributed by atoms with Gasteiger partial charge in [-0.15, -0.1) is 0 Å². The molecule has 1 amide bonds. The van der Waals surface area contributed by atoms with Crippen molar-refractivity contribution >= 4 is 29.5 Å². The molecule has 0 unspecified atom stereocenters. The van der Waals surface area contributed by atoms with E-state index in [9.17, 15) is 14.7 Å². The SMILES string of the molecule is Nc1nc(N2CCCCC2)nc2c1[C@@H](C(=O)O)CC(=O)N2. The molecule has 4 N–H and O–H groups in total. The van der Waals surface area contributed by atoms with Gasteiger partial charge in [-0.05, 0) is 19.3 Å². The highest BCUT2D eigenvalue weighted by Gasteiger charge is 2.35. The van der Waals surface area contributed by atoms with E-state index in [-0.39, 0.29) is 24.0 Å². The third-order valence-corrected chi connectivity index (χ3v) is 3.90.